The number of carboxylic acids is 1. The Kier molecular flexibility index (Phi) is 2.50. The second-order valence-corrected chi connectivity index (χ2v) is 25.6. The number of nitrogens with zero attached hydrogens (tertiary/aromatic N) is 1. The highest BCUT2D eigenvalue weighted by Gasteiger charge is 2.51. The fourth-order valence-electron chi connectivity index (χ4n) is 23.9. The standard InChI is InChI=1S/C69H10N2O2/c70-8(69(72)73)5-6-1-3-7(4-2-6)71-67-63-56-49-37-29-20-11-9-10-12-15(11)24-31(29)39-40-32(24)30-21(12)23-19-14(10)17-16-13(9)18-22(20)35(37)43-41-27(18)25(16)33-34-26(17)28(19)42-44-36(23)38(30)50-52(40)61(60(63)51(39)49)64-57(50)55(44)59-48(42)46(34)53-45(33)47(41)58(54(43)56)65(67)62(53)66(59)68(64)71/h1-4,8H,5,70H2,(H,72,73). The van der Waals surface area contributed by atoms with Crippen LogP contribution in [0.1, 0.15) is 5.56 Å². The number of hydrogen-bond donors (Lipinski definition) is 2. The van der Waals surface area contributed by atoms with Crippen LogP contribution in [0, 0.1) is 0 Å². The molecular weight excluding hydrogens is 889 g/mol. The van der Waals surface area contributed by atoms with E-state index in [0.29, 0.717) is 6.42 Å². The van der Waals surface area contributed by atoms with E-state index in [-0.39, 0.29) is 0 Å². The zero-order chi connectivity index (χ0) is 44.1. The Bertz CT molecular complexity index is 7330. The van der Waals surface area contributed by atoms with E-state index in [2.05, 4.69) is 28.8 Å². The van der Waals surface area contributed by atoms with Crippen LogP contribution in [-0.2, 0) is 11.2 Å². The molecule has 0 saturated heterocycles. The van der Waals surface area contributed by atoms with Crippen molar-refractivity contribution in [3.8, 4) is 5.69 Å². The van der Waals surface area contributed by atoms with Crippen LogP contribution < -0.4 is 5.73 Å². The fourth-order valence-corrected chi connectivity index (χ4v) is 23.9. The number of aliphatic carboxylic acids is 1. The molecule has 0 aliphatic heterocycles. The molecule has 3 N–H and O–H groups in total. The minimum absolute atomic E-state index is 0.296. The smallest absolute Gasteiger partial charge is 0.320 e. The Labute approximate surface area is 395 Å². The number of pyridine rings is 1. The first-order chi connectivity index (χ1) is 36.2. The molecule has 1 aromatic heterocycles. The molecule has 1 atom stereocenters. The monoisotopic (exact) mass is 898 g/mol. The van der Waals surface area contributed by atoms with Crippen LogP contribution in [0.2, 0.25) is 0 Å². The Morgan fingerprint density at radius 2 is 0.438 bits per heavy atom. The summed E-state index contributed by atoms with van der Waals surface area (Å²) in [5.74, 6) is -0.958. The Morgan fingerprint density at radius 1 is 0.288 bits per heavy atom. The summed E-state index contributed by atoms with van der Waals surface area (Å²) in [6.07, 6.45) is 0.296. The Morgan fingerprint density at radius 3 is 0.603 bits per heavy atom. The van der Waals surface area contributed by atoms with Gasteiger partial charge < -0.3 is 15.4 Å². The quantitative estimate of drug-likeness (QED) is 0.137. The molecule has 0 spiro atoms. The van der Waals surface area contributed by atoms with Gasteiger partial charge in [0.05, 0.1) is 11.0 Å². The summed E-state index contributed by atoms with van der Waals surface area (Å²) in [6.45, 7) is 0. The number of fused-ring (bicyclic) bond motifs is 5. The van der Waals surface area contributed by atoms with Crippen molar-refractivity contribution in [2.45, 2.75) is 12.5 Å². The summed E-state index contributed by atoms with van der Waals surface area (Å²) in [4.78, 5) is 12.1. The van der Waals surface area contributed by atoms with Gasteiger partial charge in [0.2, 0.25) is 0 Å². The van der Waals surface area contributed by atoms with Gasteiger partial charge in [0.25, 0.3) is 0 Å². The first-order valence-corrected chi connectivity index (χ1v) is 26.6. The van der Waals surface area contributed by atoms with Crippen molar-refractivity contribution >= 4 is 329 Å². The molecular formula is C69H10N2O2. The summed E-state index contributed by atoms with van der Waals surface area (Å²) >= 11 is 0. The van der Waals surface area contributed by atoms with Crippen molar-refractivity contribution in [1.29, 1.82) is 0 Å². The van der Waals surface area contributed by atoms with Gasteiger partial charge in [0, 0.05) is 318 Å². The van der Waals surface area contributed by atoms with Gasteiger partial charge in [-0.15, -0.1) is 0 Å². The number of carbonyl (C=O) groups is 1. The number of rotatable bonds is 4. The highest BCUT2D eigenvalue weighted by atomic mass is 16.4. The maximum Gasteiger partial charge on any atom is 0.320 e. The Hall–Kier alpha value is -9.35. The topological polar surface area (TPSA) is 68.2 Å². The van der Waals surface area contributed by atoms with E-state index < -0.39 is 12.0 Å². The predicted molar refractivity (Wildman–Crippen MR) is 308 cm³/mol. The average Bonchev–Trinajstić information content (AvgIpc) is 4.33. The van der Waals surface area contributed by atoms with E-state index >= 15 is 0 Å². The minimum atomic E-state index is -0.958. The number of aromatic nitrogens is 1. The molecule has 0 saturated carbocycles. The molecule has 31 aromatic carbocycles. The van der Waals surface area contributed by atoms with Gasteiger partial charge in [-0.1, -0.05) is 12.1 Å². The van der Waals surface area contributed by atoms with Crippen molar-refractivity contribution < 1.29 is 9.90 Å². The molecule has 4 heteroatoms. The van der Waals surface area contributed by atoms with Gasteiger partial charge in [-0.3, -0.25) is 4.79 Å². The van der Waals surface area contributed by atoms with Crippen molar-refractivity contribution in [2.24, 2.45) is 5.73 Å². The van der Waals surface area contributed by atoms with Crippen LogP contribution in [0.3, 0.4) is 0 Å². The zero-order valence-electron chi connectivity index (χ0n) is 37.0. The summed E-state index contributed by atoms with van der Waals surface area (Å²) < 4.78 is 2.81. The Balaban J connectivity index is 1.13. The predicted octanol–water partition coefficient (Wildman–Crippen LogP) is 18.0. The molecule has 0 amide bonds. The molecule has 0 bridgehead atoms. The van der Waals surface area contributed by atoms with Gasteiger partial charge in [-0.2, -0.15) is 0 Å². The average molecular weight is 899 g/mol. The number of nitrogens with two attached hydrogens (primary N) is 1. The first kappa shape index (κ1) is 27.9. The lowest BCUT2D eigenvalue weighted by atomic mass is 9.84. The lowest BCUT2D eigenvalue weighted by Gasteiger charge is -2.25. The maximum absolute atomic E-state index is 12.1. The van der Waals surface area contributed by atoms with Gasteiger partial charge in [-0.05, 0) is 24.1 Å². The second-order valence-electron chi connectivity index (χ2n) is 25.6. The molecule has 0 aliphatic rings. The van der Waals surface area contributed by atoms with Gasteiger partial charge in [-0.25, -0.2) is 0 Å². The zero-order valence-corrected chi connectivity index (χ0v) is 37.0. The number of carboxylic acid groups (broad SMARTS) is 1. The largest absolute Gasteiger partial charge is 0.480 e. The van der Waals surface area contributed by atoms with E-state index in [1.165, 1.54) is 70.3 Å². The molecule has 4 nitrogen and oxygen atoms in total. The molecule has 32 rings (SSSR count). The lowest BCUT2D eigenvalue weighted by molar-refractivity contribution is -0.138. The van der Waals surface area contributed by atoms with E-state index in [1.807, 2.05) is 0 Å². The van der Waals surface area contributed by atoms with Gasteiger partial charge in [0.1, 0.15) is 6.04 Å². The third-order valence-corrected chi connectivity index (χ3v) is 24.6. The second kappa shape index (κ2) is 6.55. The molecule has 32 aromatic rings. The number of benzene rings is 20. The van der Waals surface area contributed by atoms with Crippen LogP contribution in [0.15, 0.2) is 24.3 Å². The molecule has 0 fully saturated rings. The van der Waals surface area contributed by atoms with Crippen LogP contribution in [0.25, 0.3) is 329 Å². The summed E-state index contributed by atoms with van der Waals surface area (Å²) in [6, 6.07) is 8.04. The third kappa shape index (κ3) is 1.62. The minimum Gasteiger partial charge on any atom is -0.480 e. The molecule has 0 aliphatic carbocycles. The first-order valence-electron chi connectivity index (χ1n) is 26.6. The van der Waals surface area contributed by atoms with E-state index in [1.54, 1.807) is 253 Å². The van der Waals surface area contributed by atoms with E-state index in [4.69, 9.17) is 5.73 Å². The van der Waals surface area contributed by atoms with Crippen LogP contribution in [0.4, 0.5) is 0 Å². The maximum atomic E-state index is 12.1. The van der Waals surface area contributed by atoms with Crippen molar-refractivity contribution in [3.63, 3.8) is 0 Å². The van der Waals surface area contributed by atoms with Crippen molar-refractivity contribution in [3.05, 3.63) is 29.8 Å². The van der Waals surface area contributed by atoms with Crippen LogP contribution in [-0.4, -0.2) is 21.7 Å². The molecule has 308 valence electrons. The normalized spacial score (nSPS) is 17.2. The molecule has 0 radical (unpaired) electrons. The molecule has 1 heterocycles. The number of hydrogen-bond acceptors (Lipinski definition) is 2. The van der Waals surface area contributed by atoms with Gasteiger partial charge >= 0.3 is 5.97 Å². The molecule has 73 heavy (non-hydrogen) atoms. The summed E-state index contributed by atoms with van der Waals surface area (Å²) in [5.41, 5.74) is 11.2. The van der Waals surface area contributed by atoms with Crippen LogP contribution >= 0.6 is 0 Å². The van der Waals surface area contributed by atoms with Crippen LogP contribution in [0.5, 0.6) is 0 Å². The van der Waals surface area contributed by atoms with Crippen molar-refractivity contribution in [2.75, 3.05) is 0 Å². The third-order valence-electron chi connectivity index (χ3n) is 24.6. The highest BCUT2D eigenvalue weighted by Crippen LogP contribution is 2.80. The fraction of sp³-hybridized carbons (Fsp3) is 0.0290. The lowest BCUT2D eigenvalue weighted by Crippen LogP contribution is -2.32. The highest BCUT2D eigenvalue weighted by molar-refractivity contribution is 6.84. The summed E-state index contributed by atoms with van der Waals surface area (Å²) in [5, 5.41) is 101. The SMILES string of the molecule is NC(Cc1ccc(-n2c3c4c5c6c7c8c9c%10c%11c%12c%13c%10c%10c8c8c%14c%10c%10c%13c%13c%15c%12c%12c%16c%11c%11c9c7c7c9c%11c%16c%11c%16c%12c%15c%12c%15c%13c%10c%10c%14c(c4c86)c4c%10c%15c6c%12c%16c8c%11c9c(c75)c3c8c6c42)cc1)C(=O)O. The van der Waals surface area contributed by atoms with Gasteiger partial charge in [0.15, 0.2) is 0 Å². The molecule has 1 unspecified atom stereocenters. The summed E-state index contributed by atoms with van der Waals surface area (Å²) in [7, 11) is 0. The van der Waals surface area contributed by atoms with E-state index in [9.17, 15) is 9.90 Å². The van der Waals surface area contributed by atoms with Crippen molar-refractivity contribution in [1.82, 2.24) is 4.57 Å². The van der Waals surface area contributed by atoms with E-state index in [0.717, 1.165) is 11.3 Å².